The van der Waals surface area contributed by atoms with Crippen LogP contribution >= 0.6 is 0 Å². The molecule has 0 atom stereocenters. The number of nitrogens with zero attached hydrogens (tertiary/aromatic N) is 1. The lowest BCUT2D eigenvalue weighted by Crippen LogP contribution is -2.02. The third kappa shape index (κ3) is 9.54. The van der Waals surface area contributed by atoms with Crippen molar-refractivity contribution in [1.29, 1.82) is 0 Å². The summed E-state index contributed by atoms with van der Waals surface area (Å²) in [7, 11) is 0. The molecule has 3 heteroatoms. The number of anilines is 1. The number of rotatable bonds is 17. The highest BCUT2D eigenvalue weighted by atomic mass is 16.5. The van der Waals surface area contributed by atoms with Gasteiger partial charge in [0.15, 0.2) is 0 Å². The van der Waals surface area contributed by atoms with E-state index in [0.717, 1.165) is 25.3 Å². The minimum absolute atomic E-state index is 0.960. The maximum absolute atomic E-state index is 5.70. The summed E-state index contributed by atoms with van der Waals surface area (Å²) in [4.78, 5) is 4.42. The van der Waals surface area contributed by atoms with Gasteiger partial charge in [0.05, 0.1) is 5.52 Å². The van der Waals surface area contributed by atoms with E-state index in [1.165, 1.54) is 88.1 Å². The molecule has 156 valence electrons. The summed E-state index contributed by atoms with van der Waals surface area (Å²) >= 11 is 0. The van der Waals surface area contributed by atoms with Crippen LogP contribution in [0.25, 0.3) is 10.9 Å². The minimum Gasteiger partial charge on any atom is -0.384 e. The number of aromatic nitrogens is 1. The number of hydrogen-bond acceptors (Lipinski definition) is 3. The topological polar surface area (TPSA) is 34.1 Å². The van der Waals surface area contributed by atoms with Gasteiger partial charge in [-0.25, -0.2) is 0 Å². The van der Waals surface area contributed by atoms with E-state index in [4.69, 9.17) is 4.74 Å². The molecule has 0 aliphatic rings. The summed E-state index contributed by atoms with van der Waals surface area (Å²) in [5.41, 5.74) is 2.27. The first kappa shape index (κ1) is 22.7. The second-order valence-electron chi connectivity index (χ2n) is 7.80. The van der Waals surface area contributed by atoms with Crippen LogP contribution in [-0.2, 0) is 4.74 Å². The molecular formula is C25H40N2O. The molecule has 3 nitrogen and oxygen atoms in total. The Morgan fingerprint density at radius 3 is 2.14 bits per heavy atom. The third-order valence-corrected chi connectivity index (χ3v) is 5.32. The smallest absolute Gasteiger partial charge is 0.0722 e. The highest BCUT2D eigenvalue weighted by molar-refractivity contribution is 5.90. The Hall–Kier alpha value is -1.61. The fourth-order valence-electron chi connectivity index (χ4n) is 3.60. The predicted molar refractivity (Wildman–Crippen MR) is 122 cm³/mol. The molecule has 0 radical (unpaired) electrons. The first-order chi connectivity index (χ1) is 13.9. The van der Waals surface area contributed by atoms with E-state index < -0.39 is 0 Å². The SMILES string of the molecule is CCCCCCOCCCCCCCCCCNc1ccnc2ccccc12. The lowest BCUT2D eigenvalue weighted by atomic mass is 10.1. The Kier molecular flexibility index (Phi) is 12.4. The van der Waals surface area contributed by atoms with Gasteiger partial charge >= 0.3 is 0 Å². The van der Waals surface area contributed by atoms with E-state index in [1.54, 1.807) is 0 Å². The maximum Gasteiger partial charge on any atom is 0.0722 e. The van der Waals surface area contributed by atoms with Crippen molar-refractivity contribution in [2.45, 2.75) is 84.0 Å². The molecule has 0 bridgehead atoms. The van der Waals surface area contributed by atoms with Gasteiger partial charge in [-0.2, -0.15) is 0 Å². The van der Waals surface area contributed by atoms with Gasteiger partial charge in [0.25, 0.3) is 0 Å². The van der Waals surface area contributed by atoms with Crippen LogP contribution in [0.2, 0.25) is 0 Å². The van der Waals surface area contributed by atoms with Crippen molar-refractivity contribution in [3.63, 3.8) is 0 Å². The highest BCUT2D eigenvalue weighted by Crippen LogP contribution is 2.21. The van der Waals surface area contributed by atoms with Crippen molar-refractivity contribution in [1.82, 2.24) is 4.98 Å². The van der Waals surface area contributed by atoms with Crippen LogP contribution in [0.4, 0.5) is 5.69 Å². The Balaban J connectivity index is 1.37. The van der Waals surface area contributed by atoms with Crippen molar-refractivity contribution in [3.05, 3.63) is 36.5 Å². The normalized spacial score (nSPS) is 11.2. The molecule has 0 saturated heterocycles. The molecule has 0 unspecified atom stereocenters. The number of unbranched alkanes of at least 4 members (excludes halogenated alkanes) is 10. The Morgan fingerprint density at radius 1 is 0.750 bits per heavy atom. The summed E-state index contributed by atoms with van der Waals surface area (Å²) < 4.78 is 5.70. The molecule has 0 fully saturated rings. The predicted octanol–water partition coefficient (Wildman–Crippen LogP) is 7.36. The van der Waals surface area contributed by atoms with E-state index in [0.29, 0.717) is 0 Å². The van der Waals surface area contributed by atoms with Crippen LogP contribution in [-0.4, -0.2) is 24.7 Å². The molecule has 2 rings (SSSR count). The fourth-order valence-corrected chi connectivity index (χ4v) is 3.60. The molecule has 1 heterocycles. The zero-order valence-corrected chi connectivity index (χ0v) is 17.9. The van der Waals surface area contributed by atoms with Gasteiger partial charge in [0.2, 0.25) is 0 Å². The molecule has 0 aliphatic carbocycles. The van der Waals surface area contributed by atoms with Gasteiger partial charge in [0.1, 0.15) is 0 Å². The average molecular weight is 385 g/mol. The highest BCUT2D eigenvalue weighted by Gasteiger charge is 2.00. The zero-order valence-electron chi connectivity index (χ0n) is 17.9. The molecule has 1 N–H and O–H groups in total. The first-order valence-corrected chi connectivity index (χ1v) is 11.6. The van der Waals surface area contributed by atoms with E-state index >= 15 is 0 Å². The third-order valence-electron chi connectivity index (χ3n) is 5.32. The van der Waals surface area contributed by atoms with Crippen LogP contribution in [0.15, 0.2) is 36.5 Å². The lowest BCUT2D eigenvalue weighted by Gasteiger charge is -2.09. The molecule has 2 aromatic rings. The van der Waals surface area contributed by atoms with Gasteiger partial charge in [-0.1, -0.05) is 82.9 Å². The Labute approximate surface area is 172 Å². The van der Waals surface area contributed by atoms with Crippen LogP contribution < -0.4 is 5.32 Å². The number of pyridine rings is 1. The van der Waals surface area contributed by atoms with Crippen LogP contribution in [0, 0.1) is 0 Å². The summed E-state index contributed by atoms with van der Waals surface area (Å²) in [5.74, 6) is 0. The zero-order chi connectivity index (χ0) is 19.7. The van der Waals surface area contributed by atoms with Crippen molar-refractivity contribution in [2.24, 2.45) is 0 Å². The van der Waals surface area contributed by atoms with E-state index in [9.17, 15) is 0 Å². The van der Waals surface area contributed by atoms with Crippen LogP contribution in [0.1, 0.15) is 84.0 Å². The first-order valence-electron chi connectivity index (χ1n) is 11.6. The molecule has 28 heavy (non-hydrogen) atoms. The summed E-state index contributed by atoms with van der Waals surface area (Å²) in [6, 6.07) is 10.4. The second-order valence-corrected chi connectivity index (χ2v) is 7.80. The van der Waals surface area contributed by atoms with E-state index in [-0.39, 0.29) is 0 Å². The number of para-hydroxylation sites is 1. The number of benzene rings is 1. The number of nitrogens with one attached hydrogen (secondary N) is 1. The lowest BCUT2D eigenvalue weighted by molar-refractivity contribution is 0.125. The Morgan fingerprint density at radius 2 is 1.39 bits per heavy atom. The molecule has 0 amide bonds. The summed E-state index contributed by atoms with van der Waals surface area (Å²) in [6.07, 6.45) is 17.7. The van der Waals surface area contributed by atoms with Crippen molar-refractivity contribution in [2.75, 3.05) is 25.1 Å². The minimum atomic E-state index is 0.960. The average Bonchev–Trinajstić information content (AvgIpc) is 2.73. The van der Waals surface area contributed by atoms with Gasteiger partial charge in [-0.3, -0.25) is 4.98 Å². The number of fused-ring (bicyclic) bond motifs is 1. The molecule has 1 aromatic heterocycles. The maximum atomic E-state index is 5.70. The largest absolute Gasteiger partial charge is 0.384 e. The standard InChI is InChI=1S/C25H40N2O/c1-2-3-4-14-21-28-22-15-10-8-6-5-7-9-13-19-26-25-18-20-27-24-17-12-11-16-23(24)25/h11-12,16-18,20H,2-10,13-15,19,21-22H2,1H3,(H,26,27). The van der Waals surface area contributed by atoms with Crippen LogP contribution in [0.3, 0.4) is 0 Å². The van der Waals surface area contributed by atoms with Gasteiger partial charge < -0.3 is 10.1 Å². The quantitative estimate of drug-likeness (QED) is 0.289. The summed E-state index contributed by atoms with van der Waals surface area (Å²) in [6.45, 7) is 5.22. The van der Waals surface area contributed by atoms with Gasteiger partial charge in [0, 0.05) is 37.0 Å². The fraction of sp³-hybridized carbons (Fsp3) is 0.640. The Bertz CT molecular complexity index is 623. The van der Waals surface area contributed by atoms with Crippen molar-refractivity contribution >= 4 is 16.6 Å². The van der Waals surface area contributed by atoms with E-state index in [1.807, 2.05) is 12.3 Å². The molecular weight excluding hydrogens is 344 g/mol. The van der Waals surface area contributed by atoms with Gasteiger partial charge in [-0.05, 0) is 31.4 Å². The molecule has 0 saturated carbocycles. The molecule has 0 spiro atoms. The van der Waals surface area contributed by atoms with Crippen molar-refractivity contribution < 1.29 is 4.74 Å². The number of ether oxygens (including phenoxy) is 1. The molecule has 1 aromatic carbocycles. The monoisotopic (exact) mass is 384 g/mol. The van der Waals surface area contributed by atoms with E-state index in [2.05, 4.69) is 41.5 Å². The number of hydrogen-bond donors (Lipinski definition) is 1. The van der Waals surface area contributed by atoms with Gasteiger partial charge in [-0.15, -0.1) is 0 Å². The second kappa shape index (κ2) is 15.3. The molecule has 0 aliphatic heterocycles. The van der Waals surface area contributed by atoms with Crippen molar-refractivity contribution in [3.8, 4) is 0 Å². The van der Waals surface area contributed by atoms with Crippen LogP contribution in [0.5, 0.6) is 0 Å². The summed E-state index contributed by atoms with van der Waals surface area (Å²) in [5, 5.41) is 4.80.